The van der Waals surface area contributed by atoms with Crippen LogP contribution in [0.5, 0.6) is 5.75 Å². The molecule has 0 saturated carbocycles. The topological polar surface area (TPSA) is 103 Å². The minimum Gasteiger partial charge on any atom is -0.495 e. The maximum absolute atomic E-state index is 11.5. The first-order valence-electron chi connectivity index (χ1n) is 7.86. The molecule has 0 aliphatic heterocycles. The molecule has 0 unspecified atom stereocenters. The van der Waals surface area contributed by atoms with Crippen molar-refractivity contribution in [1.82, 2.24) is 0 Å². The Hall–Kier alpha value is -2.97. The van der Waals surface area contributed by atoms with Gasteiger partial charge in [-0.05, 0) is 18.2 Å². The van der Waals surface area contributed by atoms with Gasteiger partial charge >= 0.3 is 18.0 Å². The van der Waals surface area contributed by atoms with Gasteiger partial charge in [-0.1, -0.05) is 0 Å². The molecule has 1 amide bonds. The van der Waals surface area contributed by atoms with Gasteiger partial charge in [-0.25, -0.2) is 4.79 Å². The van der Waals surface area contributed by atoms with Crippen LogP contribution in [0.1, 0.15) is 12.8 Å². The van der Waals surface area contributed by atoms with Gasteiger partial charge in [-0.15, -0.1) is 0 Å². The van der Waals surface area contributed by atoms with Crippen LogP contribution >= 0.6 is 0 Å². The number of hydrogen-bond donors (Lipinski definition) is 1. The van der Waals surface area contributed by atoms with E-state index in [2.05, 4.69) is 19.5 Å². The molecule has 0 heterocycles. The Bertz CT molecular complexity index is 614. The molecule has 1 aromatic rings. The van der Waals surface area contributed by atoms with Crippen molar-refractivity contribution in [3.63, 3.8) is 0 Å². The molecule has 1 N–H and O–H groups in total. The molecule has 0 aromatic heterocycles. The summed E-state index contributed by atoms with van der Waals surface area (Å²) < 4.78 is 19.3. The number of rotatable bonds is 9. The third kappa shape index (κ3) is 6.50. The number of nitrogens with one attached hydrogen (secondary N) is 1. The van der Waals surface area contributed by atoms with Crippen molar-refractivity contribution in [1.29, 1.82) is 0 Å². The molecule has 144 valence electrons. The highest BCUT2D eigenvalue weighted by Gasteiger charge is 2.17. The van der Waals surface area contributed by atoms with Gasteiger partial charge < -0.3 is 23.8 Å². The van der Waals surface area contributed by atoms with Gasteiger partial charge in [0, 0.05) is 18.8 Å². The minimum atomic E-state index is -0.614. The molecular weight excluding hydrogens is 344 g/mol. The van der Waals surface area contributed by atoms with Crippen LogP contribution in [0.4, 0.5) is 16.2 Å². The first kappa shape index (κ1) is 21.1. The van der Waals surface area contributed by atoms with Crippen molar-refractivity contribution >= 4 is 29.4 Å². The van der Waals surface area contributed by atoms with E-state index in [1.807, 2.05) is 0 Å². The standard InChI is InChI=1S/C17H24N2O7/c1-23-14-6-5-12(18-17(22)26-4)11-13(14)19(9-7-15(20)24-2)10-8-16(21)25-3/h5-6,11H,7-10H2,1-4H3,(H,18,22). The highest BCUT2D eigenvalue weighted by Crippen LogP contribution is 2.32. The molecule has 0 aliphatic carbocycles. The van der Waals surface area contributed by atoms with Crippen molar-refractivity contribution < 1.29 is 33.3 Å². The number of ether oxygens (including phenoxy) is 4. The van der Waals surface area contributed by atoms with Gasteiger partial charge in [0.2, 0.25) is 0 Å². The molecule has 9 heteroatoms. The number of carbonyl (C=O) groups is 3. The molecule has 0 spiro atoms. The average Bonchev–Trinajstić information content (AvgIpc) is 2.67. The summed E-state index contributed by atoms with van der Waals surface area (Å²) in [5.74, 6) is -0.234. The Morgan fingerprint density at radius 3 is 1.96 bits per heavy atom. The largest absolute Gasteiger partial charge is 0.495 e. The predicted octanol–water partition coefficient (Wildman–Crippen LogP) is 1.81. The number of esters is 2. The number of nitrogens with zero attached hydrogens (tertiary/aromatic N) is 1. The van der Waals surface area contributed by atoms with Gasteiger partial charge in [0.1, 0.15) is 5.75 Å². The molecule has 0 saturated heterocycles. The van der Waals surface area contributed by atoms with Crippen LogP contribution in [0.15, 0.2) is 18.2 Å². The Morgan fingerprint density at radius 1 is 0.923 bits per heavy atom. The van der Waals surface area contributed by atoms with E-state index in [9.17, 15) is 14.4 Å². The maximum Gasteiger partial charge on any atom is 0.411 e. The van der Waals surface area contributed by atoms with Gasteiger partial charge in [0.25, 0.3) is 0 Å². The number of amides is 1. The monoisotopic (exact) mass is 368 g/mol. The van der Waals surface area contributed by atoms with Crippen LogP contribution in [-0.4, -0.2) is 59.6 Å². The molecule has 9 nitrogen and oxygen atoms in total. The highest BCUT2D eigenvalue weighted by atomic mass is 16.5. The fourth-order valence-electron chi connectivity index (χ4n) is 2.19. The average molecular weight is 368 g/mol. The molecular formula is C17H24N2O7. The summed E-state index contributed by atoms with van der Waals surface area (Å²) in [6.45, 7) is 0.587. The summed E-state index contributed by atoms with van der Waals surface area (Å²) in [4.78, 5) is 36.2. The van der Waals surface area contributed by atoms with Crippen molar-refractivity contribution in [2.45, 2.75) is 12.8 Å². The van der Waals surface area contributed by atoms with Crippen LogP contribution in [0.25, 0.3) is 0 Å². The van der Waals surface area contributed by atoms with E-state index in [0.717, 1.165) is 0 Å². The third-order valence-electron chi connectivity index (χ3n) is 3.58. The van der Waals surface area contributed by atoms with Crippen molar-refractivity contribution in [3.05, 3.63) is 18.2 Å². The summed E-state index contributed by atoms with van der Waals surface area (Å²) in [5.41, 5.74) is 1.09. The van der Waals surface area contributed by atoms with Crippen molar-refractivity contribution in [2.75, 3.05) is 51.7 Å². The van der Waals surface area contributed by atoms with Crippen LogP contribution in [0, 0.1) is 0 Å². The number of benzene rings is 1. The zero-order valence-electron chi connectivity index (χ0n) is 15.4. The van der Waals surface area contributed by atoms with Crippen LogP contribution in [-0.2, 0) is 23.8 Å². The number of hydrogen-bond acceptors (Lipinski definition) is 8. The van der Waals surface area contributed by atoms with Crippen LogP contribution in [0.3, 0.4) is 0 Å². The molecule has 26 heavy (non-hydrogen) atoms. The first-order chi connectivity index (χ1) is 12.4. The normalized spacial score (nSPS) is 9.85. The zero-order chi connectivity index (χ0) is 19.5. The third-order valence-corrected chi connectivity index (χ3v) is 3.58. The van der Waals surface area contributed by atoms with Gasteiger partial charge in [-0.2, -0.15) is 0 Å². The molecule has 0 bridgehead atoms. The lowest BCUT2D eigenvalue weighted by atomic mass is 10.2. The number of carbonyl (C=O) groups excluding carboxylic acids is 3. The van der Waals surface area contributed by atoms with Crippen LogP contribution < -0.4 is 15.0 Å². The van der Waals surface area contributed by atoms with Gasteiger partial charge in [0.05, 0.1) is 47.0 Å². The minimum absolute atomic E-state index is 0.121. The molecule has 0 radical (unpaired) electrons. The lowest BCUT2D eigenvalue weighted by Gasteiger charge is -2.26. The van der Waals surface area contributed by atoms with E-state index in [1.54, 1.807) is 23.1 Å². The van der Waals surface area contributed by atoms with E-state index in [4.69, 9.17) is 4.74 Å². The summed E-state index contributed by atoms with van der Waals surface area (Å²) in [7, 11) is 5.38. The summed E-state index contributed by atoms with van der Waals surface area (Å²) in [6.07, 6.45) is -0.373. The van der Waals surface area contributed by atoms with E-state index < -0.39 is 6.09 Å². The molecule has 1 rings (SSSR count). The summed E-state index contributed by atoms with van der Waals surface area (Å²) >= 11 is 0. The highest BCUT2D eigenvalue weighted by molar-refractivity contribution is 5.86. The smallest absolute Gasteiger partial charge is 0.411 e. The lowest BCUT2D eigenvalue weighted by Crippen LogP contribution is -2.29. The fraction of sp³-hybridized carbons (Fsp3) is 0.471. The Kier molecular flexibility index (Phi) is 8.76. The lowest BCUT2D eigenvalue weighted by molar-refractivity contribution is -0.140. The second-order valence-electron chi connectivity index (χ2n) is 5.14. The summed E-state index contributed by atoms with van der Waals surface area (Å²) in [5, 5.41) is 2.56. The maximum atomic E-state index is 11.5. The first-order valence-corrected chi connectivity index (χ1v) is 7.86. The second-order valence-corrected chi connectivity index (χ2v) is 5.14. The summed E-state index contributed by atoms with van der Waals surface area (Å²) in [6, 6.07) is 4.99. The Morgan fingerprint density at radius 2 is 1.50 bits per heavy atom. The fourth-order valence-corrected chi connectivity index (χ4v) is 2.19. The molecule has 0 aliphatic rings. The zero-order valence-corrected chi connectivity index (χ0v) is 15.4. The van der Waals surface area contributed by atoms with E-state index >= 15 is 0 Å². The van der Waals surface area contributed by atoms with Crippen LogP contribution in [0.2, 0.25) is 0 Å². The van der Waals surface area contributed by atoms with Crippen molar-refractivity contribution in [2.24, 2.45) is 0 Å². The quantitative estimate of drug-likeness (QED) is 0.520. The Balaban J connectivity index is 3.09. The second kappa shape index (κ2) is 10.8. The number of anilines is 2. The molecule has 0 atom stereocenters. The predicted molar refractivity (Wildman–Crippen MR) is 94.5 cm³/mol. The van der Waals surface area contributed by atoms with E-state index in [-0.39, 0.29) is 24.8 Å². The van der Waals surface area contributed by atoms with E-state index in [0.29, 0.717) is 30.2 Å². The van der Waals surface area contributed by atoms with Gasteiger partial charge in [0.15, 0.2) is 0 Å². The SMILES string of the molecule is COC(=O)CCN(CCC(=O)OC)c1cc(NC(=O)OC)ccc1OC. The molecule has 0 fully saturated rings. The Labute approximate surface area is 152 Å². The van der Waals surface area contributed by atoms with Crippen molar-refractivity contribution in [3.8, 4) is 5.75 Å². The van der Waals surface area contributed by atoms with Gasteiger partial charge in [-0.3, -0.25) is 14.9 Å². The number of methoxy groups -OCH3 is 4. The van der Waals surface area contributed by atoms with E-state index in [1.165, 1.54) is 28.4 Å². The molecule has 1 aromatic carbocycles.